The number of carbonyl (C=O) groups excluding carboxylic acids is 1. The highest BCUT2D eigenvalue weighted by Gasteiger charge is 2.28. The first-order chi connectivity index (χ1) is 19.6. The predicted octanol–water partition coefficient (Wildman–Crippen LogP) is 5.46. The Balaban J connectivity index is 1.18. The number of hydrogen-bond acceptors (Lipinski definition) is 6. The minimum atomic E-state index is -0.335. The van der Waals surface area contributed by atoms with E-state index in [9.17, 15) is 9.59 Å². The lowest BCUT2D eigenvalue weighted by molar-refractivity contribution is 0.0832. The number of likely N-dealkylation sites (tertiary alicyclic amines) is 1. The molecule has 1 amide bonds. The van der Waals surface area contributed by atoms with E-state index in [1.165, 1.54) is 0 Å². The summed E-state index contributed by atoms with van der Waals surface area (Å²) in [7, 11) is 0. The van der Waals surface area contributed by atoms with Gasteiger partial charge in [-0.1, -0.05) is 48.5 Å². The van der Waals surface area contributed by atoms with Crippen molar-refractivity contribution in [2.45, 2.75) is 25.5 Å². The number of piperidine rings is 1. The van der Waals surface area contributed by atoms with E-state index < -0.39 is 0 Å². The summed E-state index contributed by atoms with van der Waals surface area (Å²) in [6.45, 7) is 1.24. The van der Waals surface area contributed by atoms with E-state index in [2.05, 4.69) is 21.0 Å². The second-order valence-electron chi connectivity index (χ2n) is 10.1. The molecule has 9 heteroatoms. The van der Waals surface area contributed by atoms with Crippen LogP contribution in [0, 0.1) is 0 Å². The maximum absolute atomic E-state index is 13.2. The third-order valence-electron chi connectivity index (χ3n) is 7.57. The van der Waals surface area contributed by atoms with Crippen LogP contribution in [0.15, 0.2) is 90.0 Å². The van der Waals surface area contributed by atoms with Crippen molar-refractivity contribution >= 4 is 39.1 Å². The van der Waals surface area contributed by atoms with Crippen molar-refractivity contribution in [2.75, 3.05) is 13.1 Å². The zero-order valence-electron chi connectivity index (χ0n) is 21.7. The fraction of sp³-hybridized carbons (Fsp3) is 0.194. The van der Waals surface area contributed by atoms with E-state index in [0.29, 0.717) is 42.5 Å². The lowest BCUT2D eigenvalue weighted by Crippen LogP contribution is -2.40. The van der Waals surface area contributed by atoms with Crippen LogP contribution < -0.4 is 5.69 Å². The van der Waals surface area contributed by atoms with Gasteiger partial charge >= 0.3 is 11.8 Å². The van der Waals surface area contributed by atoms with Gasteiger partial charge in [-0.05, 0) is 42.7 Å². The molecular formula is C31H26N6O3. The normalized spacial score (nSPS) is 14.2. The molecule has 7 rings (SSSR count). The van der Waals surface area contributed by atoms with Crippen molar-refractivity contribution in [2.24, 2.45) is 0 Å². The van der Waals surface area contributed by atoms with Gasteiger partial charge in [0.2, 0.25) is 0 Å². The quantitative estimate of drug-likeness (QED) is 0.324. The molecule has 0 bridgehead atoms. The summed E-state index contributed by atoms with van der Waals surface area (Å²) in [6, 6.07) is 23.4. The predicted molar refractivity (Wildman–Crippen MR) is 153 cm³/mol. The second-order valence-corrected chi connectivity index (χ2v) is 10.1. The van der Waals surface area contributed by atoms with Crippen LogP contribution in [0.1, 0.15) is 24.4 Å². The van der Waals surface area contributed by atoms with Gasteiger partial charge in [-0.25, -0.2) is 14.6 Å². The monoisotopic (exact) mass is 530 g/mol. The van der Waals surface area contributed by atoms with Gasteiger partial charge in [-0.15, -0.1) is 0 Å². The van der Waals surface area contributed by atoms with E-state index >= 15 is 0 Å². The number of pyridine rings is 3. The highest BCUT2D eigenvalue weighted by atomic mass is 16.6. The average molecular weight is 531 g/mol. The van der Waals surface area contributed by atoms with Gasteiger partial charge in [0.1, 0.15) is 12.1 Å². The summed E-state index contributed by atoms with van der Waals surface area (Å²) < 4.78 is 7.31. The Hall–Kier alpha value is -5.05. The van der Waals surface area contributed by atoms with E-state index in [4.69, 9.17) is 9.72 Å². The van der Waals surface area contributed by atoms with E-state index in [1.807, 2.05) is 72.9 Å². The Morgan fingerprint density at radius 3 is 2.55 bits per heavy atom. The van der Waals surface area contributed by atoms with E-state index in [-0.39, 0.29) is 24.4 Å². The maximum atomic E-state index is 13.2. The molecule has 1 aliphatic rings. The number of nitrogens with one attached hydrogen (secondary N) is 1. The highest BCUT2D eigenvalue weighted by molar-refractivity contribution is 6.00. The maximum Gasteiger partial charge on any atom is 0.410 e. The molecule has 5 heterocycles. The van der Waals surface area contributed by atoms with Crippen LogP contribution in [0.3, 0.4) is 0 Å². The molecule has 1 aliphatic heterocycles. The number of aromatic nitrogens is 5. The Labute approximate surface area is 229 Å². The van der Waals surface area contributed by atoms with Crippen molar-refractivity contribution in [3.63, 3.8) is 0 Å². The van der Waals surface area contributed by atoms with Crippen molar-refractivity contribution < 1.29 is 9.53 Å². The van der Waals surface area contributed by atoms with Crippen molar-refractivity contribution in [3.05, 3.63) is 101 Å². The first-order valence-corrected chi connectivity index (χ1v) is 13.3. The lowest BCUT2D eigenvalue weighted by Gasteiger charge is -2.31. The lowest BCUT2D eigenvalue weighted by atomic mass is 10.0. The molecule has 0 aliphatic carbocycles. The summed E-state index contributed by atoms with van der Waals surface area (Å²) in [6.07, 6.45) is 4.43. The largest absolute Gasteiger partial charge is 0.445 e. The van der Waals surface area contributed by atoms with Gasteiger partial charge in [0.25, 0.3) is 0 Å². The molecule has 0 spiro atoms. The minimum absolute atomic E-state index is 0.0854. The number of rotatable bonds is 4. The molecule has 1 fully saturated rings. The van der Waals surface area contributed by atoms with Crippen LogP contribution in [0.4, 0.5) is 4.79 Å². The molecule has 1 N–H and O–H groups in total. The van der Waals surface area contributed by atoms with Crippen LogP contribution in [-0.2, 0) is 11.3 Å². The Morgan fingerprint density at radius 1 is 0.925 bits per heavy atom. The minimum Gasteiger partial charge on any atom is -0.445 e. The molecule has 0 unspecified atom stereocenters. The SMILES string of the molecule is O=C(OCc1ccccc1)N1CCC(n2c(=O)[nH]c3cnc4ccc(-c5cnc6ccccc6c5)nc4c32)CC1. The zero-order chi connectivity index (χ0) is 27.1. The van der Waals surface area contributed by atoms with Gasteiger partial charge in [-0.2, -0.15) is 0 Å². The molecule has 0 saturated carbocycles. The number of nitrogens with zero attached hydrogens (tertiary/aromatic N) is 5. The number of para-hydroxylation sites is 1. The third-order valence-corrected chi connectivity index (χ3v) is 7.57. The van der Waals surface area contributed by atoms with Crippen LogP contribution in [0.5, 0.6) is 0 Å². The number of aromatic amines is 1. The van der Waals surface area contributed by atoms with Crippen molar-refractivity contribution in [1.29, 1.82) is 0 Å². The van der Waals surface area contributed by atoms with E-state index in [0.717, 1.165) is 33.2 Å². The number of amides is 1. The highest BCUT2D eigenvalue weighted by Crippen LogP contribution is 2.30. The Bertz CT molecular complexity index is 1920. The molecule has 2 aromatic carbocycles. The Kier molecular flexibility index (Phi) is 5.96. The first-order valence-electron chi connectivity index (χ1n) is 13.3. The molecule has 4 aromatic heterocycles. The van der Waals surface area contributed by atoms with Gasteiger partial charge in [0.15, 0.2) is 0 Å². The number of carbonyl (C=O) groups is 1. The second kappa shape index (κ2) is 9.92. The van der Waals surface area contributed by atoms with Gasteiger partial charge in [0.05, 0.1) is 34.0 Å². The summed E-state index contributed by atoms with van der Waals surface area (Å²) in [4.78, 5) is 44.7. The Morgan fingerprint density at radius 2 is 1.70 bits per heavy atom. The molecule has 0 radical (unpaired) electrons. The molecule has 9 nitrogen and oxygen atoms in total. The molecule has 6 aromatic rings. The molecule has 40 heavy (non-hydrogen) atoms. The third kappa shape index (κ3) is 4.35. The number of ether oxygens (including phenoxy) is 1. The number of benzene rings is 2. The molecule has 0 atom stereocenters. The van der Waals surface area contributed by atoms with Crippen molar-refractivity contribution in [3.8, 4) is 11.3 Å². The van der Waals surface area contributed by atoms with Crippen LogP contribution >= 0.6 is 0 Å². The summed E-state index contributed by atoms with van der Waals surface area (Å²) >= 11 is 0. The van der Waals surface area contributed by atoms with Crippen LogP contribution in [0.2, 0.25) is 0 Å². The van der Waals surface area contributed by atoms with Gasteiger partial charge in [-0.3, -0.25) is 14.5 Å². The topological polar surface area (TPSA) is 106 Å². The fourth-order valence-electron chi connectivity index (χ4n) is 5.50. The standard InChI is InChI=1S/C31H26N6O3/c38-30-35-27-18-33-26-11-10-25(22-16-21-8-4-5-9-24(21)32-17-22)34-28(26)29(27)37(30)23-12-14-36(15-13-23)31(39)40-19-20-6-2-1-3-7-20/h1-11,16-18,23H,12-15,19H2,(H,35,38). The van der Waals surface area contributed by atoms with Crippen LogP contribution in [0.25, 0.3) is 44.2 Å². The fourth-order valence-corrected chi connectivity index (χ4v) is 5.50. The van der Waals surface area contributed by atoms with Gasteiger partial charge in [0, 0.05) is 36.3 Å². The van der Waals surface area contributed by atoms with Gasteiger partial charge < -0.3 is 14.6 Å². The molecular weight excluding hydrogens is 504 g/mol. The number of hydrogen-bond donors (Lipinski definition) is 1. The average Bonchev–Trinajstić information content (AvgIpc) is 3.36. The van der Waals surface area contributed by atoms with E-state index in [1.54, 1.807) is 15.7 Å². The summed E-state index contributed by atoms with van der Waals surface area (Å²) in [5, 5.41) is 1.03. The molecule has 198 valence electrons. The van der Waals surface area contributed by atoms with Crippen molar-refractivity contribution in [1.82, 2.24) is 29.4 Å². The molecule has 1 saturated heterocycles. The number of H-pyrrole nitrogens is 1. The number of fused-ring (bicyclic) bond motifs is 4. The van der Waals surface area contributed by atoms with Crippen LogP contribution in [-0.4, -0.2) is 48.6 Å². The zero-order valence-corrected chi connectivity index (χ0v) is 21.7. The summed E-state index contributed by atoms with van der Waals surface area (Å²) in [5.74, 6) is 0. The first kappa shape index (κ1) is 24.0. The smallest absolute Gasteiger partial charge is 0.410 e. The number of imidazole rings is 1. The summed E-state index contributed by atoms with van der Waals surface area (Å²) in [5.41, 5.74) is 6.06.